The first-order valence-corrected chi connectivity index (χ1v) is 15.3. The average molecular weight is 627 g/mol. The summed E-state index contributed by atoms with van der Waals surface area (Å²) in [5.41, 5.74) is 6.31. The van der Waals surface area contributed by atoms with Gasteiger partial charge in [0.1, 0.15) is 5.75 Å². The summed E-state index contributed by atoms with van der Waals surface area (Å²) in [6, 6.07) is 21.1. The molecule has 202 valence electrons. The highest BCUT2D eigenvalue weighted by atomic mass is 79.9. The third-order valence-corrected chi connectivity index (χ3v) is 8.16. The Morgan fingerprint density at radius 2 is 1.77 bits per heavy atom. The van der Waals surface area contributed by atoms with Gasteiger partial charge in [0.25, 0.3) is 0 Å². The van der Waals surface area contributed by atoms with Crippen molar-refractivity contribution in [3.05, 3.63) is 100 Å². The Kier molecular flexibility index (Phi) is 7.41. The van der Waals surface area contributed by atoms with E-state index in [4.69, 9.17) is 17.0 Å². The number of thiocarbonyl (C=S) groups is 1. The second-order valence-corrected chi connectivity index (χ2v) is 12.4. The summed E-state index contributed by atoms with van der Waals surface area (Å²) in [5, 5.41) is 4.02. The van der Waals surface area contributed by atoms with E-state index in [2.05, 4.69) is 72.5 Å². The highest BCUT2D eigenvalue weighted by molar-refractivity contribution is 9.10. The Morgan fingerprint density at radius 3 is 2.41 bits per heavy atom. The lowest BCUT2D eigenvalue weighted by molar-refractivity contribution is 0.417. The first-order chi connectivity index (χ1) is 18.6. The van der Waals surface area contributed by atoms with Crippen molar-refractivity contribution in [2.24, 2.45) is 0 Å². The number of methoxy groups -OCH3 is 1. The molecular formula is C28H28BrN5O3S2. The van der Waals surface area contributed by atoms with Crippen LogP contribution in [0.4, 0.5) is 11.4 Å². The lowest BCUT2D eigenvalue weighted by atomic mass is 9.96. The number of aromatic nitrogens is 2. The van der Waals surface area contributed by atoms with E-state index in [1.165, 1.54) is 7.11 Å². The summed E-state index contributed by atoms with van der Waals surface area (Å²) < 4.78 is 35.1. The Labute approximate surface area is 242 Å². The summed E-state index contributed by atoms with van der Waals surface area (Å²) in [7, 11) is -1.98. The Balaban J connectivity index is 1.66. The number of halogens is 1. The minimum atomic E-state index is -3.48. The summed E-state index contributed by atoms with van der Waals surface area (Å²) in [6.07, 6.45) is 2.88. The standard InChI is InChI=1S/C28H28BrN5O3S2/c1-17-15-22(18(2)33(17)20-10-8-19(29)9-11-20)27-26(24-7-5-6-14-30-24)31-28(38)34(27)21-12-13-23(25(16-21)37-3)32-39(4,35)36/h5-16,26-27,32H,1-4H3,(H,31,38)/t26-,27+/m0/s1. The van der Waals surface area contributed by atoms with Gasteiger partial charge in [0.05, 0.1) is 36.8 Å². The van der Waals surface area contributed by atoms with E-state index >= 15 is 0 Å². The minimum absolute atomic E-state index is 0.225. The van der Waals surface area contributed by atoms with E-state index in [0.717, 1.165) is 44.7 Å². The molecular weight excluding hydrogens is 598 g/mol. The molecule has 0 saturated carbocycles. The summed E-state index contributed by atoms with van der Waals surface area (Å²) >= 11 is 9.42. The summed E-state index contributed by atoms with van der Waals surface area (Å²) in [4.78, 5) is 6.70. The molecule has 2 aromatic carbocycles. The number of ether oxygens (including phenoxy) is 1. The molecule has 5 rings (SSSR count). The van der Waals surface area contributed by atoms with Crippen molar-refractivity contribution in [1.29, 1.82) is 0 Å². The molecule has 2 atom stereocenters. The molecule has 0 unspecified atom stereocenters. The van der Waals surface area contributed by atoms with Crippen molar-refractivity contribution in [3.8, 4) is 11.4 Å². The zero-order chi connectivity index (χ0) is 27.9. The van der Waals surface area contributed by atoms with Gasteiger partial charge in [0.2, 0.25) is 10.0 Å². The number of aryl methyl sites for hydroxylation is 1. The third kappa shape index (κ3) is 5.39. The van der Waals surface area contributed by atoms with E-state index < -0.39 is 10.0 Å². The van der Waals surface area contributed by atoms with Gasteiger partial charge in [-0.15, -0.1) is 0 Å². The van der Waals surface area contributed by atoms with Crippen molar-refractivity contribution < 1.29 is 13.2 Å². The number of anilines is 2. The van der Waals surface area contributed by atoms with Crippen molar-refractivity contribution in [2.75, 3.05) is 23.0 Å². The normalized spacial score (nSPS) is 17.3. The summed E-state index contributed by atoms with van der Waals surface area (Å²) in [5.74, 6) is 0.390. The molecule has 2 N–H and O–H groups in total. The molecule has 4 aromatic rings. The highest BCUT2D eigenvalue weighted by Gasteiger charge is 2.42. The zero-order valence-electron chi connectivity index (χ0n) is 21.8. The van der Waals surface area contributed by atoms with Gasteiger partial charge in [-0.1, -0.05) is 22.0 Å². The largest absolute Gasteiger partial charge is 0.494 e. The smallest absolute Gasteiger partial charge is 0.229 e. The predicted molar refractivity (Wildman–Crippen MR) is 162 cm³/mol. The molecule has 1 aliphatic heterocycles. The quantitative estimate of drug-likeness (QED) is 0.251. The molecule has 0 amide bonds. The van der Waals surface area contributed by atoms with Crippen molar-refractivity contribution in [1.82, 2.24) is 14.9 Å². The highest BCUT2D eigenvalue weighted by Crippen LogP contribution is 2.45. The molecule has 39 heavy (non-hydrogen) atoms. The Morgan fingerprint density at radius 1 is 1.05 bits per heavy atom. The van der Waals surface area contributed by atoms with Crippen molar-refractivity contribution >= 4 is 54.7 Å². The van der Waals surface area contributed by atoms with Crippen LogP contribution in [0.1, 0.15) is 34.7 Å². The maximum atomic E-state index is 11.9. The number of hydrogen-bond acceptors (Lipinski definition) is 5. The fourth-order valence-electron chi connectivity index (χ4n) is 5.14. The third-order valence-electron chi connectivity index (χ3n) is 6.73. The van der Waals surface area contributed by atoms with E-state index in [1.807, 2.05) is 36.4 Å². The second kappa shape index (κ2) is 10.6. The molecule has 0 spiro atoms. The number of sulfonamides is 1. The molecule has 8 nitrogen and oxygen atoms in total. The second-order valence-electron chi connectivity index (χ2n) is 9.39. The van der Waals surface area contributed by atoms with Gasteiger partial charge < -0.3 is 19.5 Å². The van der Waals surface area contributed by atoms with Gasteiger partial charge in [-0.25, -0.2) is 8.42 Å². The maximum absolute atomic E-state index is 11.9. The van der Waals surface area contributed by atoms with Crippen LogP contribution in [0.15, 0.2) is 77.4 Å². The van der Waals surface area contributed by atoms with Gasteiger partial charge >= 0.3 is 0 Å². The van der Waals surface area contributed by atoms with Gasteiger partial charge in [-0.2, -0.15) is 0 Å². The van der Waals surface area contributed by atoms with Crippen LogP contribution >= 0.6 is 28.1 Å². The molecule has 3 heterocycles. The van der Waals surface area contributed by atoms with Crippen LogP contribution in [-0.4, -0.2) is 36.4 Å². The predicted octanol–water partition coefficient (Wildman–Crippen LogP) is 5.81. The van der Waals surface area contributed by atoms with Gasteiger partial charge in [0.15, 0.2) is 5.11 Å². The van der Waals surface area contributed by atoms with Crippen LogP contribution in [0, 0.1) is 13.8 Å². The van der Waals surface area contributed by atoms with Crippen molar-refractivity contribution in [2.45, 2.75) is 25.9 Å². The molecule has 1 aliphatic rings. The molecule has 0 aliphatic carbocycles. The zero-order valence-corrected chi connectivity index (χ0v) is 25.1. The van der Waals surface area contributed by atoms with E-state index in [1.54, 1.807) is 18.3 Å². The SMILES string of the molecule is COc1cc(N2C(=S)N[C@@H](c3ccccn3)[C@H]2c2cc(C)n(-c3ccc(Br)cc3)c2C)ccc1NS(C)(=O)=O. The van der Waals surface area contributed by atoms with Gasteiger partial charge in [0, 0.05) is 39.5 Å². The fraction of sp³-hybridized carbons (Fsp3) is 0.214. The van der Waals surface area contributed by atoms with Gasteiger partial charge in [-0.05, 0) is 86.2 Å². The van der Waals surface area contributed by atoms with Crippen LogP contribution in [0.2, 0.25) is 0 Å². The number of nitrogens with one attached hydrogen (secondary N) is 2. The molecule has 0 bridgehead atoms. The number of nitrogens with zero attached hydrogens (tertiary/aromatic N) is 3. The van der Waals surface area contributed by atoms with E-state index in [-0.39, 0.29) is 12.1 Å². The molecule has 0 radical (unpaired) electrons. The van der Waals surface area contributed by atoms with Crippen molar-refractivity contribution in [3.63, 3.8) is 0 Å². The Bertz CT molecular complexity index is 1640. The van der Waals surface area contributed by atoms with Crippen LogP contribution in [0.5, 0.6) is 5.75 Å². The lowest BCUT2D eigenvalue weighted by Gasteiger charge is -2.29. The van der Waals surface area contributed by atoms with Crippen LogP contribution in [-0.2, 0) is 10.0 Å². The first-order valence-electron chi connectivity index (χ1n) is 12.2. The van der Waals surface area contributed by atoms with E-state index in [9.17, 15) is 8.42 Å². The first kappa shape index (κ1) is 27.2. The van der Waals surface area contributed by atoms with Crippen LogP contribution < -0.4 is 19.7 Å². The number of rotatable bonds is 7. The molecule has 11 heteroatoms. The average Bonchev–Trinajstić information content (AvgIpc) is 3.39. The molecule has 1 saturated heterocycles. The van der Waals surface area contributed by atoms with E-state index in [0.29, 0.717) is 16.5 Å². The van der Waals surface area contributed by atoms with Gasteiger partial charge in [-0.3, -0.25) is 9.71 Å². The maximum Gasteiger partial charge on any atom is 0.229 e. The summed E-state index contributed by atoms with van der Waals surface area (Å²) in [6.45, 7) is 4.20. The minimum Gasteiger partial charge on any atom is -0.494 e. The van der Waals surface area contributed by atoms with Crippen LogP contribution in [0.3, 0.4) is 0 Å². The van der Waals surface area contributed by atoms with Crippen LogP contribution in [0.25, 0.3) is 5.69 Å². The topological polar surface area (TPSA) is 88.5 Å². The monoisotopic (exact) mass is 625 g/mol. The molecule has 2 aromatic heterocycles. The number of hydrogen-bond donors (Lipinski definition) is 2. The molecule has 1 fully saturated rings. The fourth-order valence-corrected chi connectivity index (χ4v) is 6.32. The number of pyridine rings is 1. The Hall–Kier alpha value is -3.41. The lowest BCUT2D eigenvalue weighted by Crippen LogP contribution is -2.29. The number of benzene rings is 2.